The molecule has 0 spiro atoms. The van der Waals surface area contributed by atoms with Crippen molar-refractivity contribution in [2.75, 3.05) is 62.4 Å². The highest BCUT2D eigenvalue weighted by Crippen LogP contribution is 2.44. The number of carboxylic acids is 2. The fraction of sp³-hybridized carbons (Fsp3) is 0.250. The van der Waals surface area contributed by atoms with Crippen LogP contribution in [-0.4, -0.2) is 79.9 Å². The van der Waals surface area contributed by atoms with E-state index in [1.165, 1.54) is 4.90 Å². The van der Waals surface area contributed by atoms with Gasteiger partial charge in [0, 0.05) is 41.7 Å². The Morgan fingerprint density at radius 2 is 1.40 bits per heavy atom. The molecule has 2 aliphatic heterocycles. The second-order valence-corrected chi connectivity index (χ2v) is 11.6. The molecule has 3 aliphatic rings. The van der Waals surface area contributed by atoms with Crippen LogP contribution in [0.25, 0.3) is 33.4 Å². The predicted octanol–water partition coefficient (Wildman–Crippen LogP) is 5.13. The lowest BCUT2D eigenvalue weighted by molar-refractivity contribution is -0.136. The molecule has 12 nitrogen and oxygen atoms in total. The first kappa shape index (κ1) is 34.0. The standard InChI is InChI=1S/C36H32F2N2O10/c1-20-2-4-26-32(12-20)48-10-11-49-33-13-21(3-5-27(33)40(19-35(45)46)7-9-47-8-6-39(26)18-34(43)44)36-22-14-24(37)28(41)16-30(22)50-31-17-29(42)25(38)15-23(31)36/h2-5,12-17,41H,6-11,18-19H2,1H3,(H,43,44)(H,45,46). The van der Waals surface area contributed by atoms with Gasteiger partial charge in [-0.25, -0.2) is 8.78 Å². The minimum Gasteiger partial charge on any atom is -0.505 e. The quantitative estimate of drug-likeness (QED) is 0.209. The Bertz CT molecular complexity index is 2120. The van der Waals surface area contributed by atoms with Crippen molar-refractivity contribution in [2.24, 2.45) is 0 Å². The first-order valence-electron chi connectivity index (χ1n) is 15.6. The van der Waals surface area contributed by atoms with Gasteiger partial charge in [0.05, 0.1) is 24.6 Å². The molecule has 0 amide bonds. The number of benzene rings is 4. The molecule has 3 aromatic carbocycles. The number of halogens is 2. The molecule has 1 aliphatic carbocycles. The largest absolute Gasteiger partial charge is 0.505 e. The number of carboxylic acid groups (broad SMARTS) is 2. The zero-order valence-corrected chi connectivity index (χ0v) is 26.8. The Morgan fingerprint density at radius 3 is 2.04 bits per heavy atom. The number of carbonyl (C=O) groups is 2. The summed E-state index contributed by atoms with van der Waals surface area (Å²) < 4.78 is 53.3. The van der Waals surface area contributed by atoms with E-state index in [1.54, 1.807) is 35.2 Å². The summed E-state index contributed by atoms with van der Waals surface area (Å²) in [5, 5.41) is 29.6. The number of aromatic hydroxyl groups is 1. The van der Waals surface area contributed by atoms with Gasteiger partial charge in [-0.05, 0) is 54.4 Å². The number of rotatable bonds is 5. The average molecular weight is 691 g/mol. The molecule has 0 atom stereocenters. The maximum atomic E-state index is 14.7. The Balaban J connectivity index is 1.45. The molecular formula is C36H32F2N2O10. The van der Waals surface area contributed by atoms with Crippen LogP contribution in [-0.2, 0) is 14.3 Å². The van der Waals surface area contributed by atoms with Crippen LogP contribution in [0.1, 0.15) is 5.56 Å². The summed E-state index contributed by atoms with van der Waals surface area (Å²) in [6.07, 6.45) is 0. The van der Waals surface area contributed by atoms with E-state index in [0.29, 0.717) is 22.7 Å². The van der Waals surface area contributed by atoms with Gasteiger partial charge >= 0.3 is 11.9 Å². The molecule has 14 heteroatoms. The van der Waals surface area contributed by atoms with Gasteiger partial charge in [-0.3, -0.25) is 14.4 Å². The highest BCUT2D eigenvalue weighted by atomic mass is 19.1. The van der Waals surface area contributed by atoms with E-state index in [9.17, 15) is 38.5 Å². The third-order valence-corrected chi connectivity index (χ3v) is 8.15. The minimum atomic E-state index is -1.12. The molecule has 0 aromatic heterocycles. The summed E-state index contributed by atoms with van der Waals surface area (Å²) in [5.41, 5.74) is 1.72. The van der Waals surface area contributed by atoms with Gasteiger partial charge in [0.2, 0.25) is 5.43 Å². The van der Waals surface area contributed by atoms with Crippen LogP contribution in [0.4, 0.5) is 20.2 Å². The van der Waals surface area contributed by atoms with Crippen molar-refractivity contribution in [2.45, 2.75) is 6.92 Å². The molecular weight excluding hydrogens is 658 g/mol. The molecule has 50 heavy (non-hydrogen) atoms. The van der Waals surface area contributed by atoms with Crippen LogP contribution in [0.15, 0.2) is 69.9 Å². The lowest BCUT2D eigenvalue weighted by Crippen LogP contribution is -2.35. The van der Waals surface area contributed by atoms with Crippen molar-refractivity contribution in [3.63, 3.8) is 0 Å². The van der Waals surface area contributed by atoms with Gasteiger partial charge in [-0.2, -0.15) is 0 Å². The van der Waals surface area contributed by atoms with E-state index >= 15 is 0 Å². The Hall–Kier alpha value is -5.89. The van der Waals surface area contributed by atoms with E-state index in [-0.39, 0.29) is 79.7 Å². The van der Waals surface area contributed by atoms with Crippen LogP contribution in [0.5, 0.6) is 17.2 Å². The fourth-order valence-electron chi connectivity index (χ4n) is 5.91. The first-order valence-corrected chi connectivity index (χ1v) is 15.6. The summed E-state index contributed by atoms with van der Waals surface area (Å²) in [7, 11) is 0. The third-order valence-electron chi connectivity index (χ3n) is 8.15. The molecule has 3 N–H and O–H groups in total. The number of ether oxygens (including phenoxy) is 3. The molecule has 260 valence electrons. The molecule has 0 fully saturated rings. The topological polar surface area (TPSA) is 159 Å². The molecule has 0 saturated carbocycles. The summed E-state index contributed by atoms with van der Waals surface area (Å²) in [6, 6.07) is 14.3. The maximum Gasteiger partial charge on any atom is 0.323 e. The Labute approximate surface area is 283 Å². The Morgan fingerprint density at radius 1 is 0.780 bits per heavy atom. The van der Waals surface area contributed by atoms with Crippen LogP contribution >= 0.6 is 0 Å². The third kappa shape index (κ3) is 7.25. The number of aliphatic carboxylic acids is 2. The van der Waals surface area contributed by atoms with Gasteiger partial charge in [-0.15, -0.1) is 0 Å². The van der Waals surface area contributed by atoms with E-state index in [4.69, 9.17) is 18.6 Å². The number of hydrogen-bond acceptors (Lipinski definition) is 10. The van der Waals surface area contributed by atoms with Crippen molar-refractivity contribution in [1.29, 1.82) is 0 Å². The summed E-state index contributed by atoms with van der Waals surface area (Å²) in [5.74, 6) is -4.23. The molecule has 2 heterocycles. The molecule has 0 saturated heterocycles. The number of nitrogens with zero attached hydrogens (tertiary/aromatic N) is 2. The lowest BCUT2D eigenvalue weighted by Gasteiger charge is -2.26. The highest BCUT2D eigenvalue weighted by molar-refractivity contribution is 6.02. The summed E-state index contributed by atoms with van der Waals surface area (Å²) >= 11 is 0. The predicted molar refractivity (Wildman–Crippen MR) is 179 cm³/mol. The van der Waals surface area contributed by atoms with E-state index in [1.807, 2.05) is 13.0 Å². The SMILES string of the molecule is Cc1ccc2c(c1)OCCOc1cc(-c3c4cc(F)c(=O)cc-4oc4cc(O)c(F)cc34)ccc1N(CC(=O)O)CCOCCN2CC(=O)O. The zero-order valence-electron chi connectivity index (χ0n) is 26.8. The summed E-state index contributed by atoms with van der Waals surface area (Å²) in [6.45, 7) is 1.66. The van der Waals surface area contributed by atoms with Crippen LogP contribution < -0.4 is 24.7 Å². The van der Waals surface area contributed by atoms with Gasteiger partial charge in [0.25, 0.3) is 0 Å². The second-order valence-electron chi connectivity index (χ2n) is 11.6. The van der Waals surface area contributed by atoms with Crippen LogP contribution in [0, 0.1) is 18.6 Å². The van der Waals surface area contributed by atoms with Gasteiger partial charge in [0.15, 0.2) is 17.4 Å². The van der Waals surface area contributed by atoms with Crippen molar-refractivity contribution < 1.29 is 52.3 Å². The molecule has 0 bridgehead atoms. The van der Waals surface area contributed by atoms with Crippen molar-refractivity contribution in [3.05, 3.63) is 88.1 Å². The van der Waals surface area contributed by atoms with Crippen molar-refractivity contribution in [1.82, 2.24) is 0 Å². The number of hydrogen-bond donors (Lipinski definition) is 3. The molecule has 3 aromatic rings. The van der Waals surface area contributed by atoms with Crippen LogP contribution in [0.3, 0.4) is 0 Å². The minimum absolute atomic E-state index is 0.00840. The highest BCUT2D eigenvalue weighted by Gasteiger charge is 2.24. The smallest absolute Gasteiger partial charge is 0.323 e. The van der Waals surface area contributed by atoms with E-state index in [0.717, 1.165) is 29.8 Å². The van der Waals surface area contributed by atoms with Crippen molar-refractivity contribution in [3.8, 4) is 39.7 Å². The lowest BCUT2D eigenvalue weighted by atomic mass is 9.93. The fourth-order valence-corrected chi connectivity index (χ4v) is 5.91. The normalized spacial score (nSPS) is 14.2. The second kappa shape index (κ2) is 14.3. The summed E-state index contributed by atoms with van der Waals surface area (Å²) in [4.78, 5) is 39.0. The maximum absolute atomic E-state index is 14.7. The Kier molecular flexibility index (Phi) is 9.72. The number of anilines is 2. The molecule has 0 unspecified atom stereocenters. The van der Waals surface area contributed by atoms with Gasteiger partial charge in [-0.1, -0.05) is 12.1 Å². The first-order chi connectivity index (χ1) is 24.0. The number of aryl methyl sites for hydroxylation is 1. The van der Waals surface area contributed by atoms with Crippen molar-refractivity contribution >= 4 is 34.3 Å². The number of phenols is 1. The zero-order chi connectivity index (χ0) is 35.5. The number of fused-ring (bicyclic) bond motifs is 4. The van der Waals surface area contributed by atoms with Gasteiger partial charge in [0.1, 0.15) is 49.1 Å². The molecule has 6 rings (SSSR count). The monoisotopic (exact) mass is 690 g/mol. The van der Waals surface area contributed by atoms with Crippen LogP contribution in [0.2, 0.25) is 0 Å². The molecule has 0 radical (unpaired) electrons. The van der Waals surface area contributed by atoms with E-state index < -0.39 is 41.3 Å². The average Bonchev–Trinajstić information content (AvgIpc) is 3.06. The van der Waals surface area contributed by atoms with E-state index in [2.05, 4.69) is 0 Å². The van der Waals surface area contributed by atoms with Gasteiger partial charge < -0.3 is 43.7 Å². The number of phenolic OH excluding ortho intramolecular Hbond substituents is 1.